The Hall–Kier alpha value is -1.65. The van der Waals surface area contributed by atoms with Gasteiger partial charge in [-0.05, 0) is 37.9 Å². The van der Waals surface area contributed by atoms with Gasteiger partial charge in [0.05, 0.1) is 5.69 Å². The second-order valence-corrected chi connectivity index (χ2v) is 6.76. The van der Waals surface area contributed by atoms with Crippen molar-refractivity contribution in [2.24, 2.45) is 5.92 Å². The van der Waals surface area contributed by atoms with Gasteiger partial charge in [-0.25, -0.2) is 4.98 Å². The summed E-state index contributed by atoms with van der Waals surface area (Å²) in [7, 11) is 2.25. The second-order valence-electron chi connectivity index (χ2n) is 6.76. The van der Waals surface area contributed by atoms with E-state index in [2.05, 4.69) is 21.8 Å². The Bertz CT molecular complexity index is 624. The number of rotatable bonds is 3. The van der Waals surface area contributed by atoms with E-state index in [1.165, 1.54) is 32.5 Å². The van der Waals surface area contributed by atoms with Gasteiger partial charge < -0.3 is 9.32 Å². The number of hydrogen-bond donors (Lipinski definition) is 0. The SMILES string of the molecule is CN1C[C@@H]2CC[C@H](C1)N(Cc1coc(-c3ccccc3)n1)C2. The molecule has 0 saturated carbocycles. The van der Waals surface area contributed by atoms with E-state index in [1.54, 1.807) is 0 Å². The highest BCUT2D eigenvalue weighted by molar-refractivity contribution is 5.52. The van der Waals surface area contributed by atoms with Gasteiger partial charge in [-0.2, -0.15) is 0 Å². The number of hydrogen-bond acceptors (Lipinski definition) is 4. The first-order valence-corrected chi connectivity index (χ1v) is 8.20. The molecule has 2 aromatic rings. The summed E-state index contributed by atoms with van der Waals surface area (Å²) in [6.45, 7) is 4.52. The van der Waals surface area contributed by atoms with Crippen LogP contribution in [0, 0.1) is 5.92 Å². The maximum Gasteiger partial charge on any atom is 0.226 e. The summed E-state index contributed by atoms with van der Waals surface area (Å²) in [6.07, 6.45) is 4.52. The van der Waals surface area contributed by atoms with Crippen LogP contribution in [-0.2, 0) is 6.54 Å². The number of likely N-dealkylation sites (N-methyl/N-ethyl adjacent to an activating group) is 1. The summed E-state index contributed by atoms with van der Waals surface area (Å²) < 4.78 is 5.68. The third kappa shape index (κ3) is 2.81. The zero-order chi connectivity index (χ0) is 14.9. The predicted octanol–water partition coefficient (Wildman–Crippen LogP) is 2.87. The highest BCUT2D eigenvalue weighted by atomic mass is 16.3. The Labute approximate surface area is 131 Å². The van der Waals surface area contributed by atoms with Crippen LogP contribution < -0.4 is 0 Å². The number of aromatic nitrogens is 1. The molecule has 0 radical (unpaired) electrons. The van der Waals surface area contributed by atoms with E-state index < -0.39 is 0 Å². The van der Waals surface area contributed by atoms with E-state index in [0.29, 0.717) is 6.04 Å². The van der Waals surface area contributed by atoms with Crippen LogP contribution in [0.5, 0.6) is 0 Å². The van der Waals surface area contributed by atoms with Crippen LogP contribution in [-0.4, -0.2) is 47.5 Å². The zero-order valence-electron chi connectivity index (χ0n) is 13.1. The van der Waals surface area contributed by atoms with Crippen LogP contribution in [0.3, 0.4) is 0 Å². The van der Waals surface area contributed by atoms with Crippen molar-refractivity contribution in [2.45, 2.75) is 25.4 Å². The lowest BCUT2D eigenvalue weighted by atomic mass is 9.95. The molecule has 1 aromatic carbocycles. The van der Waals surface area contributed by atoms with E-state index in [4.69, 9.17) is 4.42 Å². The zero-order valence-corrected chi connectivity index (χ0v) is 13.1. The van der Waals surface area contributed by atoms with E-state index in [9.17, 15) is 0 Å². The molecule has 3 aliphatic rings. The molecule has 4 heteroatoms. The highest BCUT2D eigenvalue weighted by Gasteiger charge is 2.33. The van der Waals surface area contributed by atoms with Gasteiger partial charge in [0.25, 0.3) is 0 Å². The molecule has 1 aromatic heterocycles. The molecule has 3 saturated heterocycles. The standard InChI is InChI=1S/C18H23N3O/c1-20-9-14-7-8-17(12-20)21(10-14)11-16-13-22-18(19-16)15-5-3-2-4-6-15/h2-6,13-14,17H,7-12H2,1H3/t14-,17+/m0/s1. The van der Waals surface area contributed by atoms with Gasteiger partial charge in [0.2, 0.25) is 5.89 Å². The summed E-state index contributed by atoms with van der Waals surface area (Å²) in [4.78, 5) is 9.77. The summed E-state index contributed by atoms with van der Waals surface area (Å²) in [5, 5.41) is 0. The van der Waals surface area contributed by atoms with Crippen molar-refractivity contribution in [1.82, 2.24) is 14.8 Å². The fraction of sp³-hybridized carbons (Fsp3) is 0.500. The average Bonchev–Trinajstić information content (AvgIpc) is 2.85. The lowest BCUT2D eigenvalue weighted by Gasteiger charge is -2.35. The number of oxazole rings is 1. The molecule has 22 heavy (non-hydrogen) atoms. The Balaban J connectivity index is 1.49. The molecule has 5 rings (SSSR count). The van der Waals surface area contributed by atoms with Gasteiger partial charge in [0, 0.05) is 37.8 Å². The number of benzene rings is 1. The van der Waals surface area contributed by atoms with Crippen LogP contribution in [0.4, 0.5) is 0 Å². The Kier molecular flexibility index (Phi) is 3.72. The first-order valence-electron chi connectivity index (χ1n) is 8.20. The summed E-state index contributed by atoms with van der Waals surface area (Å²) in [5.41, 5.74) is 2.10. The van der Waals surface area contributed by atoms with Gasteiger partial charge >= 0.3 is 0 Å². The molecule has 0 amide bonds. The lowest BCUT2D eigenvalue weighted by Crippen LogP contribution is -2.43. The number of fused-ring (bicyclic) bond motifs is 4. The van der Waals surface area contributed by atoms with Crippen LogP contribution >= 0.6 is 0 Å². The van der Waals surface area contributed by atoms with E-state index in [-0.39, 0.29) is 0 Å². The summed E-state index contributed by atoms with van der Waals surface area (Å²) in [6, 6.07) is 10.8. The molecule has 0 N–H and O–H groups in total. The Morgan fingerprint density at radius 2 is 2.00 bits per heavy atom. The van der Waals surface area contributed by atoms with E-state index >= 15 is 0 Å². The smallest absolute Gasteiger partial charge is 0.226 e. The molecule has 2 bridgehead atoms. The minimum absolute atomic E-state index is 0.667. The van der Waals surface area contributed by atoms with Crippen LogP contribution in [0.15, 0.2) is 41.0 Å². The largest absolute Gasteiger partial charge is 0.444 e. The first-order chi connectivity index (χ1) is 10.8. The fourth-order valence-electron chi connectivity index (χ4n) is 3.91. The third-order valence-corrected chi connectivity index (χ3v) is 4.95. The molecule has 0 unspecified atom stereocenters. The van der Waals surface area contributed by atoms with Crippen LogP contribution in [0.2, 0.25) is 0 Å². The number of piperidine rings is 1. The van der Waals surface area contributed by atoms with Gasteiger partial charge in [-0.15, -0.1) is 0 Å². The summed E-state index contributed by atoms with van der Waals surface area (Å²) >= 11 is 0. The quantitative estimate of drug-likeness (QED) is 0.872. The van der Waals surface area contributed by atoms with Crippen molar-refractivity contribution in [3.05, 3.63) is 42.3 Å². The maximum absolute atomic E-state index is 5.68. The average molecular weight is 297 g/mol. The molecule has 0 spiro atoms. The molecular formula is C18H23N3O. The molecular weight excluding hydrogens is 274 g/mol. The third-order valence-electron chi connectivity index (χ3n) is 4.95. The molecule has 2 atom stereocenters. The van der Waals surface area contributed by atoms with Crippen molar-refractivity contribution < 1.29 is 4.42 Å². The molecule has 4 heterocycles. The Morgan fingerprint density at radius 1 is 1.14 bits per heavy atom. The molecule has 0 aliphatic carbocycles. The minimum Gasteiger partial charge on any atom is -0.444 e. The first kappa shape index (κ1) is 14.0. The molecule has 116 valence electrons. The lowest BCUT2D eigenvalue weighted by molar-refractivity contribution is 0.123. The van der Waals surface area contributed by atoms with Gasteiger partial charge in [0.15, 0.2) is 0 Å². The van der Waals surface area contributed by atoms with Gasteiger partial charge in [0.1, 0.15) is 6.26 Å². The van der Waals surface area contributed by atoms with Crippen molar-refractivity contribution in [3.63, 3.8) is 0 Å². The minimum atomic E-state index is 0.667. The molecule has 3 fully saturated rings. The molecule has 4 nitrogen and oxygen atoms in total. The van der Waals surface area contributed by atoms with Gasteiger partial charge in [-0.3, -0.25) is 4.90 Å². The van der Waals surface area contributed by atoms with Crippen LogP contribution in [0.25, 0.3) is 11.5 Å². The predicted molar refractivity (Wildman–Crippen MR) is 86.4 cm³/mol. The van der Waals surface area contributed by atoms with Crippen LogP contribution in [0.1, 0.15) is 18.5 Å². The highest BCUT2D eigenvalue weighted by Crippen LogP contribution is 2.29. The normalized spacial score (nSPS) is 26.2. The van der Waals surface area contributed by atoms with Crippen molar-refractivity contribution >= 4 is 0 Å². The van der Waals surface area contributed by atoms with E-state index in [1.807, 2.05) is 36.6 Å². The number of nitrogens with zero attached hydrogens (tertiary/aromatic N) is 3. The maximum atomic E-state index is 5.68. The van der Waals surface area contributed by atoms with E-state index in [0.717, 1.165) is 29.6 Å². The summed E-state index contributed by atoms with van der Waals surface area (Å²) in [5.74, 6) is 1.54. The fourth-order valence-corrected chi connectivity index (χ4v) is 3.91. The van der Waals surface area contributed by atoms with Crippen molar-refractivity contribution in [1.29, 1.82) is 0 Å². The monoisotopic (exact) mass is 297 g/mol. The molecule has 3 aliphatic heterocycles. The van der Waals surface area contributed by atoms with Gasteiger partial charge in [-0.1, -0.05) is 18.2 Å². The van der Waals surface area contributed by atoms with Crippen molar-refractivity contribution in [2.75, 3.05) is 26.7 Å². The topological polar surface area (TPSA) is 32.5 Å². The Morgan fingerprint density at radius 3 is 2.86 bits per heavy atom. The van der Waals surface area contributed by atoms with Crippen molar-refractivity contribution in [3.8, 4) is 11.5 Å². The second kappa shape index (κ2) is 5.86.